The van der Waals surface area contributed by atoms with Crippen molar-refractivity contribution in [3.05, 3.63) is 36.7 Å². The van der Waals surface area contributed by atoms with Gasteiger partial charge in [-0.1, -0.05) is 0 Å². The van der Waals surface area contributed by atoms with Crippen molar-refractivity contribution in [3.63, 3.8) is 0 Å². The average Bonchev–Trinajstić information content (AvgIpc) is 3.32. The van der Waals surface area contributed by atoms with Gasteiger partial charge in [-0.15, -0.1) is 10.2 Å². The van der Waals surface area contributed by atoms with Crippen molar-refractivity contribution in [3.8, 4) is 11.5 Å². The van der Waals surface area contributed by atoms with E-state index in [-0.39, 0.29) is 30.8 Å². The van der Waals surface area contributed by atoms with E-state index < -0.39 is 11.9 Å². The molecule has 0 saturated heterocycles. The molecular weight excluding hydrogens is 356 g/mol. The Kier molecular flexibility index (Phi) is 4.35. The smallest absolute Gasteiger partial charge is 0.311 e. The number of carbonyl (C=O) groups excluding carboxylic acids is 2. The van der Waals surface area contributed by atoms with E-state index in [9.17, 15) is 9.59 Å². The predicted octanol–water partition coefficient (Wildman–Crippen LogP) is 0.243. The van der Waals surface area contributed by atoms with Crippen LogP contribution in [0.25, 0.3) is 11.3 Å². The molecule has 0 fully saturated rings. The van der Waals surface area contributed by atoms with Gasteiger partial charge in [-0.25, -0.2) is 0 Å². The van der Waals surface area contributed by atoms with Crippen LogP contribution in [0.2, 0.25) is 0 Å². The first kappa shape index (κ1) is 16.5. The quantitative estimate of drug-likeness (QED) is 0.435. The van der Waals surface area contributed by atoms with Gasteiger partial charge in [0.05, 0.1) is 0 Å². The fourth-order valence-electron chi connectivity index (χ4n) is 2.37. The maximum Gasteiger partial charge on any atom is 0.311 e. The highest BCUT2D eigenvalue weighted by Gasteiger charge is 2.14. The molecule has 0 unspecified atom stereocenters. The summed E-state index contributed by atoms with van der Waals surface area (Å²) in [7, 11) is 0. The number of aromatic nitrogens is 8. The first-order chi connectivity index (χ1) is 13.2. The number of nitrogens with zero attached hydrogens (tertiary/aromatic N) is 8. The van der Waals surface area contributed by atoms with E-state index in [4.69, 9.17) is 9.47 Å². The number of tetrazole rings is 2. The molecule has 4 heterocycles. The average molecular weight is 368 g/mol. The van der Waals surface area contributed by atoms with Crippen LogP contribution < -0.4 is 9.47 Å². The number of pyridine rings is 2. The van der Waals surface area contributed by atoms with Gasteiger partial charge in [-0.3, -0.25) is 9.59 Å². The maximum absolute atomic E-state index is 12.0. The van der Waals surface area contributed by atoms with Gasteiger partial charge in [0.2, 0.25) is 11.3 Å². The summed E-state index contributed by atoms with van der Waals surface area (Å²) in [5, 5.41) is 22.0. The zero-order valence-electron chi connectivity index (χ0n) is 13.8. The number of esters is 2. The Labute approximate surface area is 150 Å². The summed E-state index contributed by atoms with van der Waals surface area (Å²) in [4.78, 5) is 24.0. The van der Waals surface area contributed by atoms with E-state index in [1.165, 1.54) is 9.03 Å². The first-order valence-corrected chi connectivity index (χ1v) is 7.95. The summed E-state index contributed by atoms with van der Waals surface area (Å²) in [6, 6.07) is 6.49. The van der Waals surface area contributed by atoms with Crippen molar-refractivity contribution in [1.82, 2.24) is 40.1 Å². The van der Waals surface area contributed by atoms with Crippen molar-refractivity contribution in [2.45, 2.75) is 19.3 Å². The summed E-state index contributed by atoms with van der Waals surface area (Å²) in [6.45, 7) is 0. The zero-order valence-corrected chi connectivity index (χ0v) is 13.8. The third kappa shape index (κ3) is 3.53. The molecule has 4 aromatic heterocycles. The molecule has 0 aromatic carbocycles. The van der Waals surface area contributed by atoms with Crippen LogP contribution in [0.1, 0.15) is 19.3 Å². The van der Waals surface area contributed by atoms with Gasteiger partial charge in [-0.05, 0) is 51.5 Å². The Morgan fingerprint density at radius 2 is 1.30 bits per heavy atom. The van der Waals surface area contributed by atoms with Gasteiger partial charge in [0, 0.05) is 25.2 Å². The number of carbonyl (C=O) groups is 2. The molecule has 27 heavy (non-hydrogen) atoms. The maximum atomic E-state index is 12.0. The number of rotatable bonds is 6. The van der Waals surface area contributed by atoms with E-state index in [1.54, 1.807) is 36.7 Å². The molecule has 4 aromatic rings. The molecule has 0 N–H and O–H groups in total. The monoisotopic (exact) mass is 368 g/mol. The van der Waals surface area contributed by atoms with Crippen LogP contribution in [-0.2, 0) is 9.59 Å². The van der Waals surface area contributed by atoms with E-state index in [1.807, 2.05) is 0 Å². The summed E-state index contributed by atoms with van der Waals surface area (Å²) >= 11 is 0. The minimum atomic E-state index is -0.498. The molecule has 0 atom stereocenters. The second-order valence-electron chi connectivity index (χ2n) is 5.44. The lowest BCUT2D eigenvalue weighted by Gasteiger charge is -2.05. The highest BCUT2D eigenvalue weighted by atomic mass is 16.5. The topological polar surface area (TPSA) is 139 Å². The van der Waals surface area contributed by atoms with Crippen LogP contribution in [0, 0.1) is 0 Å². The van der Waals surface area contributed by atoms with Crippen LogP contribution in [-0.4, -0.2) is 52.0 Å². The molecule has 0 aliphatic heterocycles. The number of ether oxygens (including phenoxy) is 2. The Balaban J connectivity index is 1.29. The third-order valence-electron chi connectivity index (χ3n) is 3.59. The van der Waals surface area contributed by atoms with Crippen molar-refractivity contribution in [2.24, 2.45) is 0 Å². The highest BCUT2D eigenvalue weighted by molar-refractivity contribution is 5.77. The Hall–Kier alpha value is -3.96. The molecule has 0 radical (unpaired) electrons. The van der Waals surface area contributed by atoms with Crippen molar-refractivity contribution < 1.29 is 19.1 Å². The predicted molar refractivity (Wildman–Crippen MR) is 86.7 cm³/mol. The molecule has 0 spiro atoms. The second kappa shape index (κ2) is 7.11. The zero-order chi connectivity index (χ0) is 18.6. The van der Waals surface area contributed by atoms with Crippen LogP contribution in [0.3, 0.4) is 0 Å². The molecule has 12 heteroatoms. The molecule has 0 bridgehead atoms. The van der Waals surface area contributed by atoms with Gasteiger partial charge in [0.15, 0.2) is 11.5 Å². The van der Waals surface area contributed by atoms with Gasteiger partial charge in [0.25, 0.3) is 0 Å². The summed E-state index contributed by atoms with van der Waals surface area (Å²) in [6.07, 6.45) is 3.60. The lowest BCUT2D eigenvalue weighted by Crippen LogP contribution is -2.12. The summed E-state index contributed by atoms with van der Waals surface area (Å²) in [5.41, 5.74) is 0.667. The minimum absolute atomic E-state index is 0.0361. The van der Waals surface area contributed by atoms with Gasteiger partial charge in [0.1, 0.15) is 0 Å². The molecule has 0 aliphatic carbocycles. The normalized spacial score (nSPS) is 11.0. The molecule has 0 saturated carbocycles. The summed E-state index contributed by atoms with van der Waals surface area (Å²) < 4.78 is 13.3. The van der Waals surface area contributed by atoms with Gasteiger partial charge < -0.3 is 9.47 Å². The largest absolute Gasteiger partial charge is 0.422 e. The van der Waals surface area contributed by atoms with Crippen molar-refractivity contribution in [1.29, 1.82) is 0 Å². The van der Waals surface area contributed by atoms with Gasteiger partial charge in [-0.2, -0.15) is 9.03 Å². The van der Waals surface area contributed by atoms with Crippen LogP contribution in [0.15, 0.2) is 36.7 Å². The molecule has 136 valence electrons. The lowest BCUT2D eigenvalue weighted by molar-refractivity contribution is -0.135. The molecule has 4 rings (SSSR count). The second-order valence-corrected chi connectivity index (χ2v) is 5.44. The molecule has 12 nitrogen and oxygen atoms in total. The molecular formula is C15H12N8O4. The molecule has 0 aliphatic rings. The fraction of sp³-hybridized carbons (Fsp3) is 0.200. The van der Waals surface area contributed by atoms with Crippen LogP contribution in [0.5, 0.6) is 11.5 Å². The number of hydrogen-bond donors (Lipinski definition) is 0. The highest BCUT2D eigenvalue weighted by Crippen LogP contribution is 2.18. The fourth-order valence-corrected chi connectivity index (χ4v) is 2.37. The van der Waals surface area contributed by atoms with E-state index >= 15 is 0 Å². The van der Waals surface area contributed by atoms with E-state index in [2.05, 4.69) is 31.1 Å². The standard InChI is InChI=1S/C15H12N8O4/c24-12(26-10-4-2-8-22-14(10)16-18-20-22)6-1-7-13(25)27-11-5-3-9-23-15(11)17-19-21-23/h2-5,8-9H,1,6-7H2. The summed E-state index contributed by atoms with van der Waals surface area (Å²) in [5.74, 6) is -0.493. The van der Waals surface area contributed by atoms with Crippen LogP contribution in [0.4, 0.5) is 0 Å². The number of hydrogen-bond acceptors (Lipinski definition) is 10. The van der Waals surface area contributed by atoms with Crippen molar-refractivity contribution >= 4 is 23.2 Å². The Bertz CT molecular complexity index is 1030. The third-order valence-corrected chi connectivity index (χ3v) is 3.59. The Morgan fingerprint density at radius 1 is 0.815 bits per heavy atom. The van der Waals surface area contributed by atoms with E-state index in [0.717, 1.165) is 0 Å². The van der Waals surface area contributed by atoms with Crippen molar-refractivity contribution in [2.75, 3.05) is 0 Å². The van der Waals surface area contributed by atoms with Gasteiger partial charge >= 0.3 is 11.9 Å². The first-order valence-electron chi connectivity index (χ1n) is 7.95. The molecule has 0 amide bonds. The van der Waals surface area contributed by atoms with E-state index in [0.29, 0.717) is 11.3 Å². The SMILES string of the molecule is O=C(CCCC(=O)Oc1cccn2nnnc12)Oc1cccn2nnnc12. The van der Waals surface area contributed by atoms with Crippen LogP contribution >= 0.6 is 0 Å². The number of fused-ring (bicyclic) bond motifs is 2. The minimum Gasteiger partial charge on any atom is -0.422 e. The lowest BCUT2D eigenvalue weighted by atomic mass is 10.2. The Morgan fingerprint density at radius 3 is 1.78 bits per heavy atom.